The van der Waals surface area contributed by atoms with E-state index in [0.717, 1.165) is 5.56 Å². The van der Waals surface area contributed by atoms with Gasteiger partial charge in [-0.05, 0) is 42.8 Å². The molecule has 0 aliphatic heterocycles. The second-order valence-corrected chi connectivity index (χ2v) is 7.31. The molecule has 3 rings (SSSR count). The number of methoxy groups -OCH3 is 2. The highest BCUT2D eigenvalue weighted by molar-refractivity contribution is 6.33. The van der Waals surface area contributed by atoms with Crippen LogP contribution in [-0.4, -0.2) is 35.7 Å². The van der Waals surface area contributed by atoms with Crippen LogP contribution in [0.1, 0.15) is 17.2 Å². The second kappa shape index (κ2) is 9.38. The fourth-order valence-corrected chi connectivity index (χ4v) is 3.24. The molecule has 1 heterocycles. The van der Waals surface area contributed by atoms with Crippen molar-refractivity contribution in [3.8, 4) is 17.2 Å². The summed E-state index contributed by atoms with van der Waals surface area (Å²) in [5.41, 5.74) is 1.73. The third kappa shape index (κ3) is 4.53. The zero-order valence-corrected chi connectivity index (χ0v) is 18.2. The van der Waals surface area contributed by atoms with Crippen LogP contribution in [0.25, 0.3) is 5.69 Å². The van der Waals surface area contributed by atoms with E-state index in [1.54, 1.807) is 36.4 Å². The number of nitrogens with zero attached hydrogens (tertiary/aromatic N) is 2. The zero-order chi connectivity index (χ0) is 21.8. The van der Waals surface area contributed by atoms with E-state index in [2.05, 4.69) is 10.4 Å². The highest BCUT2D eigenvalue weighted by atomic mass is 35.5. The smallest absolute Gasteiger partial charge is 0.292 e. The number of nitrogens with one attached hydrogen (secondary N) is 1. The Kier molecular flexibility index (Phi) is 6.87. The minimum atomic E-state index is -0.940. The SMILES string of the molecule is COc1ccc(OC)c(C(O)CNc2cnn(-c3ccc(C)c(Cl)c3)c(=O)c2Cl)c1. The number of ether oxygens (including phenoxy) is 2. The molecule has 0 bridgehead atoms. The van der Waals surface area contributed by atoms with Crippen molar-refractivity contribution in [3.63, 3.8) is 0 Å². The van der Waals surface area contributed by atoms with Crippen molar-refractivity contribution in [2.45, 2.75) is 13.0 Å². The number of rotatable bonds is 7. The van der Waals surface area contributed by atoms with Gasteiger partial charge in [-0.25, -0.2) is 0 Å². The molecule has 0 saturated heterocycles. The first-order chi connectivity index (χ1) is 14.3. The Hall–Kier alpha value is -2.74. The number of halogens is 2. The van der Waals surface area contributed by atoms with E-state index in [0.29, 0.717) is 33.5 Å². The van der Waals surface area contributed by atoms with Crippen molar-refractivity contribution in [3.05, 3.63) is 74.1 Å². The molecule has 3 aromatic rings. The number of benzene rings is 2. The van der Waals surface area contributed by atoms with Gasteiger partial charge < -0.3 is 19.9 Å². The molecule has 1 aromatic heterocycles. The third-order valence-corrected chi connectivity index (χ3v) is 5.37. The van der Waals surface area contributed by atoms with Crippen LogP contribution >= 0.6 is 23.2 Å². The molecule has 0 saturated carbocycles. The van der Waals surface area contributed by atoms with Crippen LogP contribution in [0, 0.1) is 6.92 Å². The van der Waals surface area contributed by atoms with Crippen molar-refractivity contribution < 1.29 is 14.6 Å². The molecule has 0 aliphatic carbocycles. The number of anilines is 1. The summed E-state index contributed by atoms with van der Waals surface area (Å²) in [4.78, 5) is 12.7. The maximum absolute atomic E-state index is 12.7. The summed E-state index contributed by atoms with van der Waals surface area (Å²) in [6, 6.07) is 10.3. The summed E-state index contributed by atoms with van der Waals surface area (Å²) in [6.07, 6.45) is 0.483. The number of hydrogen-bond donors (Lipinski definition) is 2. The van der Waals surface area contributed by atoms with E-state index in [-0.39, 0.29) is 11.6 Å². The van der Waals surface area contributed by atoms with Gasteiger partial charge in [0, 0.05) is 17.1 Å². The van der Waals surface area contributed by atoms with Gasteiger partial charge in [-0.1, -0.05) is 29.3 Å². The van der Waals surface area contributed by atoms with Crippen LogP contribution in [0.3, 0.4) is 0 Å². The van der Waals surface area contributed by atoms with Gasteiger partial charge >= 0.3 is 0 Å². The Morgan fingerprint density at radius 3 is 2.60 bits per heavy atom. The van der Waals surface area contributed by atoms with Gasteiger partial charge in [0.05, 0.1) is 37.9 Å². The maximum atomic E-state index is 12.7. The highest BCUT2D eigenvalue weighted by Gasteiger charge is 2.17. The van der Waals surface area contributed by atoms with Crippen LogP contribution in [-0.2, 0) is 0 Å². The summed E-state index contributed by atoms with van der Waals surface area (Å²) in [5, 5.41) is 18.2. The lowest BCUT2D eigenvalue weighted by Gasteiger charge is -2.17. The van der Waals surface area contributed by atoms with E-state index in [1.807, 2.05) is 6.92 Å². The summed E-state index contributed by atoms with van der Waals surface area (Å²) >= 11 is 12.4. The van der Waals surface area contributed by atoms with Gasteiger partial charge in [-0.3, -0.25) is 4.79 Å². The Labute approximate surface area is 183 Å². The quantitative estimate of drug-likeness (QED) is 0.566. The number of aliphatic hydroxyl groups is 1. The van der Waals surface area contributed by atoms with Crippen molar-refractivity contribution >= 4 is 28.9 Å². The van der Waals surface area contributed by atoms with E-state index in [1.165, 1.54) is 25.1 Å². The van der Waals surface area contributed by atoms with E-state index < -0.39 is 11.7 Å². The van der Waals surface area contributed by atoms with Crippen LogP contribution < -0.4 is 20.3 Å². The molecule has 7 nitrogen and oxygen atoms in total. The number of aliphatic hydroxyl groups excluding tert-OH is 1. The highest BCUT2D eigenvalue weighted by Crippen LogP contribution is 2.30. The largest absolute Gasteiger partial charge is 0.497 e. The normalized spacial score (nSPS) is 11.8. The van der Waals surface area contributed by atoms with E-state index >= 15 is 0 Å². The minimum absolute atomic E-state index is 0.0495. The van der Waals surface area contributed by atoms with Crippen LogP contribution in [0.15, 0.2) is 47.4 Å². The molecule has 0 radical (unpaired) electrons. The van der Waals surface area contributed by atoms with Gasteiger partial charge in [0.15, 0.2) is 0 Å². The molecule has 1 atom stereocenters. The van der Waals surface area contributed by atoms with Crippen molar-refractivity contribution in [1.29, 1.82) is 0 Å². The summed E-state index contributed by atoms with van der Waals surface area (Å²) < 4.78 is 11.7. The zero-order valence-electron chi connectivity index (χ0n) is 16.6. The predicted molar refractivity (Wildman–Crippen MR) is 118 cm³/mol. The van der Waals surface area contributed by atoms with Crippen LogP contribution in [0.2, 0.25) is 10.0 Å². The van der Waals surface area contributed by atoms with Gasteiger partial charge in [-0.15, -0.1) is 0 Å². The Morgan fingerprint density at radius 2 is 1.93 bits per heavy atom. The molecule has 0 fully saturated rings. The first kappa shape index (κ1) is 22.0. The standard InChI is InChI=1S/C21H21Cl2N3O4/c1-12-4-5-13(8-16(12)22)26-21(28)20(23)17(10-25-26)24-11-18(27)15-9-14(29-2)6-7-19(15)30-3/h4-10,18,24,27H,11H2,1-3H3. The Morgan fingerprint density at radius 1 is 1.17 bits per heavy atom. The molecular formula is C21H21Cl2N3O4. The molecule has 9 heteroatoms. The maximum Gasteiger partial charge on any atom is 0.292 e. The summed E-state index contributed by atoms with van der Waals surface area (Å²) in [7, 11) is 3.06. The molecule has 1 unspecified atom stereocenters. The summed E-state index contributed by atoms with van der Waals surface area (Å²) in [5.74, 6) is 1.10. The average molecular weight is 450 g/mol. The lowest BCUT2D eigenvalue weighted by atomic mass is 10.1. The number of aryl methyl sites for hydroxylation is 1. The lowest BCUT2D eigenvalue weighted by molar-refractivity contribution is 0.186. The van der Waals surface area contributed by atoms with Crippen molar-refractivity contribution in [2.75, 3.05) is 26.1 Å². The molecule has 2 aromatic carbocycles. The fraction of sp³-hybridized carbons (Fsp3) is 0.238. The van der Waals surface area contributed by atoms with Crippen LogP contribution in [0.5, 0.6) is 11.5 Å². The van der Waals surface area contributed by atoms with Crippen molar-refractivity contribution in [2.24, 2.45) is 0 Å². The van der Waals surface area contributed by atoms with Gasteiger partial charge in [-0.2, -0.15) is 9.78 Å². The molecule has 0 aliphatic rings. The van der Waals surface area contributed by atoms with Crippen molar-refractivity contribution in [1.82, 2.24) is 9.78 Å². The molecule has 0 amide bonds. The lowest BCUT2D eigenvalue weighted by Crippen LogP contribution is -2.23. The van der Waals surface area contributed by atoms with Crippen LogP contribution in [0.4, 0.5) is 5.69 Å². The molecule has 2 N–H and O–H groups in total. The monoisotopic (exact) mass is 449 g/mol. The van der Waals surface area contributed by atoms with E-state index in [4.69, 9.17) is 32.7 Å². The first-order valence-electron chi connectivity index (χ1n) is 9.04. The second-order valence-electron chi connectivity index (χ2n) is 6.53. The van der Waals surface area contributed by atoms with Gasteiger partial charge in [0.1, 0.15) is 16.5 Å². The fourth-order valence-electron chi connectivity index (χ4n) is 2.87. The first-order valence-corrected chi connectivity index (χ1v) is 9.79. The average Bonchev–Trinajstić information content (AvgIpc) is 2.76. The Bertz CT molecular complexity index is 1120. The summed E-state index contributed by atoms with van der Waals surface area (Å²) in [6.45, 7) is 1.94. The molecule has 0 spiro atoms. The topological polar surface area (TPSA) is 85.6 Å². The van der Waals surface area contributed by atoms with Gasteiger partial charge in [0.25, 0.3) is 5.56 Å². The van der Waals surface area contributed by atoms with Gasteiger partial charge in [0.2, 0.25) is 0 Å². The third-order valence-electron chi connectivity index (χ3n) is 4.60. The Balaban J connectivity index is 1.82. The predicted octanol–water partition coefficient (Wildman–Crippen LogP) is 4.01. The molecular weight excluding hydrogens is 429 g/mol. The molecule has 30 heavy (non-hydrogen) atoms. The molecule has 158 valence electrons. The minimum Gasteiger partial charge on any atom is -0.497 e. The van der Waals surface area contributed by atoms with E-state index in [9.17, 15) is 9.90 Å². The number of hydrogen-bond acceptors (Lipinski definition) is 6. The number of aromatic nitrogens is 2.